The molecular weight excluding hydrogens is 571 g/mol. The van der Waals surface area contributed by atoms with Crippen molar-refractivity contribution in [3.8, 4) is 5.75 Å². The Bertz CT molecular complexity index is 1550. The quantitative estimate of drug-likeness (QED) is 0.276. The summed E-state index contributed by atoms with van der Waals surface area (Å²) in [5, 5.41) is 5.72. The molecule has 0 saturated carbocycles. The number of ether oxygens (including phenoxy) is 1. The van der Waals surface area contributed by atoms with Crippen LogP contribution in [0, 0.1) is 11.7 Å². The van der Waals surface area contributed by atoms with E-state index in [-0.39, 0.29) is 23.6 Å². The number of hydrogen-bond donors (Lipinski definition) is 3. The molecule has 0 unspecified atom stereocenters. The third kappa shape index (κ3) is 8.65. The molecule has 1 fully saturated rings. The molecule has 0 spiro atoms. The number of carbonyl (C=O) groups is 2. The number of hydrogen-bond acceptors (Lipinski definition) is 6. The predicted octanol–water partition coefficient (Wildman–Crippen LogP) is 4.57. The maximum absolute atomic E-state index is 13.6. The van der Waals surface area contributed by atoms with Crippen LogP contribution in [-0.2, 0) is 14.8 Å². The molecule has 4 N–H and O–H groups in total. The molecule has 3 aromatic rings. The second kappa shape index (κ2) is 14.3. The minimum Gasteiger partial charge on any atom is -0.494 e. The van der Waals surface area contributed by atoms with Crippen molar-refractivity contribution in [1.29, 1.82) is 0 Å². The van der Waals surface area contributed by atoms with Crippen molar-refractivity contribution in [2.24, 2.45) is 11.7 Å². The number of amides is 2. The van der Waals surface area contributed by atoms with Crippen LogP contribution in [0.2, 0.25) is 0 Å². The van der Waals surface area contributed by atoms with E-state index >= 15 is 0 Å². The molecule has 3 aromatic carbocycles. The summed E-state index contributed by atoms with van der Waals surface area (Å²) in [6, 6.07) is 18.3. The lowest BCUT2D eigenvalue weighted by Gasteiger charge is -2.25. The summed E-state index contributed by atoms with van der Waals surface area (Å²) in [5.74, 6) is -1.28. The maximum Gasteiger partial charge on any atom is 0.252 e. The lowest BCUT2D eigenvalue weighted by Crippen LogP contribution is -2.48. The molecular formula is C32H37FN4O5S. The molecule has 1 aliphatic heterocycles. The molecule has 3 atom stereocenters. The van der Waals surface area contributed by atoms with Gasteiger partial charge in [0.1, 0.15) is 11.6 Å². The van der Waals surface area contributed by atoms with Crippen molar-refractivity contribution >= 4 is 39.3 Å². The molecule has 2 amide bonds. The summed E-state index contributed by atoms with van der Waals surface area (Å²) in [6.45, 7) is 4.19. The maximum atomic E-state index is 13.6. The monoisotopic (exact) mass is 608 g/mol. The first-order valence-electron chi connectivity index (χ1n) is 14.2. The first-order chi connectivity index (χ1) is 20.6. The topological polar surface area (TPSA) is 131 Å². The van der Waals surface area contributed by atoms with Crippen LogP contribution in [0.4, 0.5) is 15.8 Å². The van der Waals surface area contributed by atoms with Crippen LogP contribution < -0.4 is 25.4 Å². The molecule has 228 valence electrons. The van der Waals surface area contributed by atoms with Gasteiger partial charge in [-0.15, -0.1) is 0 Å². The normalized spacial score (nSPS) is 16.4. The van der Waals surface area contributed by atoms with Gasteiger partial charge in [0.05, 0.1) is 24.1 Å². The van der Waals surface area contributed by atoms with Gasteiger partial charge in [-0.25, -0.2) is 12.8 Å². The van der Waals surface area contributed by atoms with Gasteiger partial charge in [-0.2, -0.15) is 0 Å². The molecule has 1 heterocycles. The zero-order chi connectivity index (χ0) is 31.0. The summed E-state index contributed by atoms with van der Waals surface area (Å²) in [4.78, 5) is 26.5. The molecule has 11 heteroatoms. The van der Waals surface area contributed by atoms with Gasteiger partial charge >= 0.3 is 0 Å². The van der Waals surface area contributed by atoms with Crippen LogP contribution in [0.5, 0.6) is 5.75 Å². The minimum atomic E-state index is -3.48. The van der Waals surface area contributed by atoms with Gasteiger partial charge in [0.25, 0.3) is 5.91 Å². The number of nitrogens with two attached hydrogens (primary N) is 1. The van der Waals surface area contributed by atoms with Crippen molar-refractivity contribution in [3.05, 3.63) is 95.8 Å². The molecule has 1 aliphatic rings. The molecule has 0 bridgehead atoms. The van der Waals surface area contributed by atoms with E-state index in [2.05, 4.69) is 10.6 Å². The van der Waals surface area contributed by atoms with Gasteiger partial charge in [-0.05, 0) is 61.7 Å². The Morgan fingerprint density at radius 3 is 2.47 bits per heavy atom. The molecule has 9 nitrogen and oxygen atoms in total. The van der Waals surface area contributed by atoms with E-state index in [0.717, 1.165) is 5.56 Å². The highest BCUT2D eigenvalue weighted by molar-refractivity contribution is 7.93. The average molecular weight is 609 g/mol. The van der Waals surface area contributed by atoms with Crippen molar-refractivity contribution in [2.45, 2.75) is 38.8 Å². The summed E-state index contributed by atoms with van der Waals surface area (Å²) in [6.07, 6.45) is 4.35. The summed E-state index contributed by atoms with van der Waals surface area (Å²) >= 11 is 0. The molecule has 43 heavy (non-hydrogen) atoms. The van der Waals surface area contributed by atoms with E-state index in [1.165, 1.54) is 34.6 Å². The number of anilines is 2. The Morgan fingerprint density at radius 1 is 1.09 bits per heavy atom. The fraction of sp³-hybridized carbons (Fsp3) is 0.312. The number of nitrogens with zero attached hydrogens (tertiary/aromatic N) is 1. The number of halogens is 1. The Morgan fingerprint density at radius 2 is 1.81 bits per heavy atom. The number of rotatable bonds is 12. The molecule has 0 aliphatic carbocycles. The number of benzene rings is 3. The van der Waals surface area contributed by atoms with Gasteiger partial charge in [0.15, 0.2) is 0 Å². The van der Waals surface area contributed by atoms with Gasteiger partial charge in [-0.1, -0.05) is 49.4 Å². The van der Waals surface area contributed by atoms with Crippen molar-refractivity contribution < 1.29 is 27.1 Å². The largest absolute Gasteiger partial charge is 0.494 e. The lowest BCUT2D eigenvalue weighted by atomic mass is 9.95. The van der Waals surface area contributed by atoms with E-state index in [0.29, 0.717) is 36.7 Å². The zero-order valence-corrected chi connectivity index (χ0v) is 25.0. The Kier molecular flexibility index (Phi) is 10.5. The zero-order valence-electron chi connectivity index (χ0n) is 24.2. The van der Waals surface area contributed by atoms with Crippen LogP contribution in [0.3, 0.4) is 0 Å². The predicted molar refractivity (Wildman–Crippen MR) is 167 cm³/mol. The highest BCUT2D eigenvalue weighted by Crippen LogP contribution is 2.29. The first kappa shape index (κ1) is 31.7. The van der Waals surface area contributed by atoms with E-state index < -0.39 is 39.7 Å². The highest BCUT2D eigenvalue weighted by atomic mass is 32.2. The van der Waals surface area contributed by atoms with E-state index in [1.54, 1.807) is 32.1 Å². The summed E-state index contributed by atoms with van der Waals surface area (Å²) in [7, 11) is -3.48. The van der Waals surface area contributed by atoms with Crippen LogP contribution >= 0.6 is 0 Å². The van der Waals surface area contributed by atoms with E-state index in [4.69, 9.17) is 10.5 Å². The molecule has 4 rings (SSSR count). The van der Waals surface area contributed by atoms with Crippen molar-refractivity contribution in [3.63, 3.8) is 0 Å². The highest BCUT2D eigenvalue weighted by Gasteiger charge is 2.30. The number of sulfonamides is 1. The SMILES string of the molecule is CCOc1cc(C(=O)N[C@@H](/C=C/c2ccccc2)[C@@H](N)C[C@@H](C)C(=O)Nc2ccc(F)cc2)cc(N2CCCS2(=O)=O)c1. The van der Waals surface area contributed by atoms with Gasteiger partial charge in [0, 0.05) is 35.8 Å². The molecule has 1 saturated heterocycles. The van der Waals surface area contributed by atoms with Gasteiger partial charge < -0.3 is 21.1 Å². The van der Waals surface area contributed by atoms with Gasteiger partial charge in [0.2, 0.25) is 15.9 Å². The van der Waals surface area contributed by atoms with E-state index in [1.807, 2.05) is 36.4 Å². The third-order valence-electron chi connectivity index (χ3n) is 7.09. The smallest absolute Gasteiger partial charge is 0.252 e. The van der Waals surface area contributed by atoms with Gasteiger partial charge in [-0.3, -0.25) is 13.9 Å². The average Bonchev–Trinajstić information content (AvgIpc) is 3.35. The fourth-order valence-corrected chi connectivity index (χ4v) is 6.36. The Balaban J connectivity index is 1.55. The summed E-state index contributed by atoms with van der Waals surface area (Å²) < 4.78 is 45.4. The van der Waals surface area contributed by atoms with Crippen molar-refractivity contribution in [1.82, 2.24) is 5.32 Å². The van der Waals surface area contributed by atoms with Crippen LogP contribution in [0.1, 0.15) is 42.6 Å². The Hall–Kier alpha value is -4.22. The second-order valence-corrected chi connectivity index (χ2v) is 12.5. The van der Waals surface area contributed by atoms with Crippen molar-refractivity contribution in [2.75, 3.05) is 28.5 Å². The van der Waals surface area contributed by atoms with Crippen LogP contribution in [0.15, 0.2) is 78.9 Å². The third-order valence-corrected chi connectivity index (χ3v) is 8.96. The van der Waals surface area contributed by atoms with Crippen LogP contribution in [0.25, 0.3) is 6.08 Å². The van der Waals surface area contributed by atoms with Crippen LogP contribution in [-0.4, -0.2) is 51.2 Å². The lowest BCUT2D eigenvalue weighted by molar-refractivity contribution is -0.119. The van der Waals surface area contributed by atoms with E-state index in [9.17, 15) is 22.4 Å². The standard InChI is InChI=1S/C32H37FN4O5S/c1-3-42-28-20-24(19-27(21-28)37-16-7-17-43(37,40)41)32(39)36-30(15-10-23-8-5-4-6-9-23)29(34)18-22(2)31(38)35-26-13-11-25(33)12-14-26/h4-6,8-15,19-22,29-30H,3,7,16-18,34H2,1-2H3,(H,35,38)(H,36,39)/b15-10+/t22-,29+,30+/m1/s1. The molecule has 0 radical (unpaired) electrons. The second-order valence-electron chi connectivity index (χ2n) is 10.5. The number of nitrogens with one attached hydrogen (secondary N) is 2. The first-order valence-corrected chi connectivity index (χ1v) is 15.8. The fourth-order valence-electron chi connectivity index (χ4n) is 4.81. The summed E-state index contributed by atoms with van der Waals surface area (Å²) in [5.41, 5.74) is 8.54. The minimum absolute atomic E-state index is 0.0432. The Labute approximate surface area is 252 Å². The molecule has 0 aromatic heterocycles. The number of carbonyl (C=O) groups excluding carboxylic acids is 2.